The van der Waals surface area contributed by atoms with Crippen LogP contribution in [0, 0.1) is 0 Å². The molecule has 0 aliphatic rings. The van der Waals surface area contributed by atoms with Gasteiger partial charge in [-0.1, -0.05) is 15.9 Å². The lowest BCUT2D eigenvalue weighted by Gasteiger charge is -2.10. The Labute approximate surface area is 148 Å². The Bertz CT molecular complexity index is 762. The van der Waals surface area contributed by atoms with Crippen molar-refractivity contribution in [3.63, 3.8) is 0 Å². The molecule has 126 valence electrons. The summed E-state index contributed by atoms with van der Waals surface area (Å²) in [4.78, 5) is 12.1. The molecule has 0 radical (unpaired) electrons. The van der Waals surface area contributed by atoms with Crippen LogP contribution < -0.4 is 14.9 Å². The van der Waals surface area contributed by atoms with E-state index in [9.17, 15) is 9.90 Å². The highest BCUT2D eigenvalue weighted by Crippen LogP contribution is 2.28. The first-order valence-electron chi connectivity index (χ1n) is 7.18. The monoisotopic (exact) mass is 392 g/mol. The molecule has 2 aromatic rings. The second-order valence-electron chi connectivity index (χ2n) is 4.70. The summed E-state index contributed by atoms with van der Waals surface area (Å²) in [5, 5.41) is 13.6. The number of amides is 1. The molecule has 6 nitrogen and oxygen atoms in total. The molecule has 0 saturated carbocycles. The Morgan fingerprint density at radius 1 is 1.29 bits per heavy atom. The van der Waals surface area contributed by atoms with Gasteiger partial charge in [-0.25, -0.2) is 5.43 Å². The molecule has 0 aliphatic carbocycles. The topological polar surface area (TPSA) is 80.2 Å². The second kappa shape index (κ2) is 8.35. The molecule has 2 N–H and O–H groups in total. The third-order valence-electron chi connectivity index (χ3n) is 3.08. The number of carbonyl (C=O) groups excluding carboxylic acids is 1. The SMILES string of the molecule is CCOc1cc(C(=O)N/N=C/c2cc(Br)ccc2O)ccc1OC. The number of methoxy groups -OCH3 is 1. The fourth-order valence-corrected chi connectivity index (χ4v) is 2.32. The molecule has 0 unspecified atom stereocenters. The lowest BCUT2D eigenvalue weighted by atomic mass is 10.2. The number of carbonyl (C=O) groups is 1. The van der Waals surface area contributed by atoms with E-state index in [2.05, 4.69) is 26.5 Å². The van der Waals surface area contributed by atoms with Gasteiger partial charge < -0.3 is 14.6 Å². The van der Waals surface area contributed by atoms with Crippen LogP contribution in [0.3, 0.4) is 0 Å². The Morgan fingerprint density at radius 3 is 2.79 bits per heavy atom. The Balaban J connectivity index is 2.11. The number of phenolic OH excluding ortho intramolecular Hbond substituents is 1. The first kappa shape index (κ1) is 17.8. The third kappa shape index (κ3) is 4.48. The number of phenols is 1. The summed E-state index contributed by atoms with van der Waals surface area (Å²) in [5.41, 5.74) is 3.27. The average molecular weight is 393 g/mol. The molecule has 0 saturated heterocycles. The average Bonchev–Trinajstić information content (AvgIpc) is 2.58. The van der Waals surface area contributed by atoms with Crippen molar-refractivity contribution >= 4 is 28.1 Å². The fraction of sp³-hybridized carbons (Fsp3) is 0.176. The molecule has 24 heavy (non-hydrogen) atoms. The molecule has 0 atom stereocenters. The Morgan fingerprint density at radius 2 is 2.08 bits per heavy atom. The standard InChI is InChI=1S/C17H17BrN2O4/c1-3-24-16-9-11(4-7-15(16)23-2)17(22)20-19-10-12-8-13(18)5-6-14(12)21/h4-10,21H,3H2,1-2H3,(H,20,22)/b19-10+. The van der Waals surface area contributed by atoms with Crippen LogP contribution in [-0.2, 0) is 0 Å². The molecule has 0 aromatic heterocycles. The van der Waals surface area contributed by atoms with Gasteiger partial charge in [-0.3, -0.25) is 4.79 Å². The zero-order valence-electron chi connectivity index (χ0n) is 13.2. The van der Waals surface area contributed by atoms with Crippen molar-refractivity contribution in [3.8, 4) is 17.2 Å². The van der Waals surface area contributed by atoms with E-state index in [-0.39, 0.29) is 5.75 Å². The lowest BCUT2D eigenvalue weighted by molar-refractivity contribution is 0.0954. The van der Waals surface area contributed by atoms with E-state index in [0.717, 1.165) is 4.47 Å². The number of nitrogens with one attached hydrogen (secondary N) is 1. The van der Waals surface area contributed by atoms with Gasteiger partial charge in [-0.15, -0.1) is 0 Å². The van der Waals surface area contributed by atoms with E-state index in [1.165, 1.54) is 19.4 Å². The summed E-state index contributed by atoms with van der Waals surface area (Å²) in [5.74, 6) is 0.709. The molecule has 0 fully saturated rings. The van der Waals surface area contributed by atoms with Gasteiger partial charge in [0.25, 0.3) is 5.91 Å². The van der Waals surface area contributed by atoms with Crippen molar-refractivity contribution in [3.05, 3.63) is 52.0 Å². The summed E-state index contributed by atoms with van der Waals surface area (Å²) in [6.45, 7) is 2.31. The quantitative estimate of drug-likeness (QED) is 0.583. The maximum absolute atomic E-state index is 12.1. The number of hydrogen-bond donors (Lipinski definition) is 2. The normalized spacial score (nSPS) is 10.6. The van der Waals surface area contributed by atoms with E-state index in [4.69, 9.17) is 9.47 Å². The molecule has 2 aromatic carbocycles. The largest absolute Gasteiger partial charge is 0.507 e. The molecule has 2 rings (SSSR count). The van der Waals surface area contributed by atoms with Crippen LogP contribution in [0.5, 0.6) is 17.2 Å². The summed E-state index contributed by atoms with van der Waals surface area (Å²) in [7, 11) is 1.53. The Hall–Kier alpha value is -2.54. The number of hydrogen-bond acceptors (Lipinski definition) is 5. The molecular formula is C17H17BrN2O4. The van der Waals surface area contributed by atoms with E-state index in [1.54, 1.807) is 30.3 Å². The van der Waals surface area contributed by atoms with Gasteiger partial charge in [0.05, 0.1) is 19.9 Å². The highest BCUT2D eigenvalue weighted by Gasteiger charge is 2.10. The highest BCUT2D eigenvalue weighted by molar-refractivity contribution is 9.10. The molecule has 7 heteroatoms. The van der Waals surface area contributed by atoms with Crippen molar-refractivity contribution in [2.24, 2.45) is 5.10 Å². The van der Waals surface area contributed by atoms with E-state index >= 15 is 0 Å². The second-order valence-corrected chi connectivity index (χ2v) is 5.62. The predicted molar refractivity (Wildman–Crippen MR) is 95.0 cm³/mol. The van der Waals surface area contributed by atoms with Crippen LogP contribution in [0.4, 0.5) is 0 Å². The molecule has 0 aliphatic heterocycles. The smallest absolute Gasteiger partial charge is 0.271 e. The first-order chi connectivity index (χ1) is 11.5. The van der Waals surface area contributed by atoms with Crippen LogP contribution in [0.1, 0.15) is 22.8 Å². The van der Waals surface area contributed by atoms with Crippen LogP contribution in [0.25, 0.3) is 0 Å². The molecule has 0 heterocycles. The van der Waals surface area contributed by atoms with E-state index in [0.29, 0.717) is 29.2 Å². The van der Waals surface area contributed by atoms with Crippen LogP contribution >= 0.6 is 15.9 Å². The van der Waals surface area contributed by atoms with Gasteiger partial charge in [0.2, 0.25) is 0 Å². The molecule has 0 bridgehead atoms. The number of hydrazone groups is 1. The van der Waals surface area contributed by atoms with Gasteiger partial charge in [-0.05, 0) is 43.3 Å². The van der Waals surface area contributed by atoms with Gasteiger partial charge in [-0.2, -0.15) is 5.10 Å². The number of ether oxygens (including phenoxy) is 2. The van der Waals surface area contributed by atoms with Crippen LogP contribution in [-0.4, -0.2) is 30.9 Å². The molecule has 1 amide bonds. The maximum Gasteiger partial charge on any atom is 0.271 e. The van der Waals surface area contributed by atoms with E-state index in [1.807, 2.05) is 6.92 Å². The summed E-state index contributed by atoms with van der Waals surface area (Å²) in [6, 6.07) is 9.78. The van der Waals surface area contributed by atoms with Crippen LogP contribution in [0.2, 0.25) is 0 Å². The van der Waals surface area contributed by atoms with Crippen molar-refractivity contribution in [1.29, 1.82) is 0 Å². The van der Waals surface area contributed by atoms with Gasteiger partial charge in [0, 0.05) is 15.6 Å². The van der Waals surface area contributed by atoms with Crippen molar-refractivity contribution in [2.45, 2.75) is 6.92 Å². The molecule has 0 spiro atoms. The number of benzene rings is 2. The summed E-state index contributed by atoms with van der Waals surface area (Å²) in [6.07, 6.45) is 1.37. The van der Waals surface area contributed by atoms with E-state index < -0.39 is 5.91 Å². The predicted octanol–water partition coefficient (Wildman–Crippen LogP) is 3.33. The third-order valence-corrected chi connectivity index (χ3v) is 3.58. The summed E-state index contributed by atoms with van der Waals surface area (Å²) < 4.78 is 11.4. The number of halogens is 1. The van der Waals surface area contributed by atoms with Crippen molar-refractivity contribution < 1.29 is 19.4 Å². The first-order valence-corrected chi connectivity index (χ1v) is 7.97. The van der Waals surface area contributed by atoms with Crippen molar-refractivity contribution in [2.75, 3.05) is 13.7 Å². The fourth-order valence-electron chi connectivity index (χ4n) is 1.94. The van der Waals surface area contributed by atoms with Gasteiger partial charge >= 0.3 is 0 Å². The molecular weight excluding hydrogens is 376 g/mol. The minimum Gasteiger partial charge on any atom is -0.507 e. The number of nitrogens with zero attached hydrogens (tertiary/aromatic N) is 1. The van der Waals surface area contributed by atoms with Gasteiger partial charge in [0.15, 0.2) is 11.5 Å². The lowest BCUT2D eigenvalue weighted by Crippen LogP contribution is -2.17. The highest BCUT2D eigenvalue weighted by atomic mass is 79.9. The van der Waals surface area contributed by atoms with Gasteiger partial charge in [0.1, 0.15) is 5.75 Å². The number of aromatic hydroxyl groups is 1. The minimum atomic E-state index is -0.399. The van der Waals surface area contributed by atoms with Crippen LogP contribution in [0.15, 0.2) is 46.0 Å². The zero-order chi connectivity index (χ0) is 17.5. The summed E-state index contributed by atoms with van der Waals surface area (Å²) >= 11 is 3.30. The maximum atomic E-state index is 12.1. The Kier molecular flexibility index (Phi) is 6.20. The zero-order valence-corrected chi connectivity index (χ0v) is 14.8. The number of rotatable bonds is 6. The minimum absolute atomic E-state index is 0.0688. The van der Waals surface area contributed by atoms with Crippen molar-refractivity contribution in [1.82, 2.24) is 5.43 Å².